The summed E-state index contributed by atoms with van der Waals surface area (Å²) in [5, 5.41) is 2.48. The quantitative estimate of drug-likeness (QED) is 0.307. The minimum absolute atomic E-state index is 0.0375. The van der Waals surface area contributed by atoms with Gasteiger partial charge in [-0.2, -0.15) is 8.42 Å². The van der Waals surface area contributed by atoms with Gasteiger partial charge in [-0.1, -0.05) is 6.07 Å². The molecule has 0 bridgehead atoms. The Morgan fingerprint density at radius 1 is 0.952 bits per heavy atom. The van der Waals surface area contributed by atoms with Gasteiger partial charge in [0.1, 0.15) is 10.6 Å². The summed E-state index contributed by atoms with van der Waals surface area (Å²) >= 11 is 0. The normalized spacial score (nSPS) is 13.9. The molecule has 1 aromatic heterocycles. The molecular weight excluding hydrogens is 554 g/mol. The maximum Gasteiger partial charge on any atom is 0.339 e. The molecule has 1 N–H and O–H groups in total. The zero-order valence-corrected chi connectivity index (χ0v) is 24.5. The van der Waals surface area contributed by atoms with Gasteiger partial charge in [-0.15, -0.1) is 0 Å². The van der Waals surface area contributed by atoms with Gasteiger partial charge in [0.25, 0.3) is 11.8 Å². The average Bonchev–Trinajstić information content (AvgIpc) is 3.51. The third-order valence-electron chi connectivity index (χ3n) is 7.41. The van der Waals surface area contributed by atoms with Crippen molar-refractivity contribution in [2.45, 2.75) is 23.8 Å². The Morgan fingerprint density at radius 3 is 2.29 bits per heavy atom. The smallest absolute Gasteiger partial charge is 0.339 e. The number of carbonyl (C=O) groups is 2. The summed E-state index contributed by atoms with van der Waals surface area (Å²) in [6.07, 6.45) is 5.16. The highest BCUT2D eigenvalue weighted by Gasteiger charge is 2.26. The Hall–Kier alpha value is -4.64. The van der Waals surface area contributed by atoms with E-state index in [4.69, 9.17) is 4.18 Å². The molecule has 1 aliphatic heterocycles. The largest absolute Gasteiger partial charge is 0.379 e. The molecule has 0 spiro atoms. The first-order chi connectivity index (χ1) is 20.2. The number of imidazole rings is 1. The fourth-order valence-electron chi connectivity index (χ4n) is 5.04. The maximum atomic E-state index is 13.1. The number of hydrogen-bond donors (Lipinski definition) is 1. The number of hydrogen-bond acceptors (Lipinski definition) is 7. The first kappa shape index (κ1) is 28.9. The van der Waals surface area contributed by atoms with Crippen LogP contribution in [0.15, 0.2) is 90.2 Å². The molecule has 11 heteroatoms. The van der Waals surface area contributed by atoms with Gasteiger partial charge in [0, 0.05) is 62.7 Å². The first-order valence-electron chi connectivity index (χ1n) is 13.6. The molecule has 5 rings (SSSR count). The van der Waals surface area contributed by atoms with Crippen LogP contribution in [0, 0.1) is 0 Å². The van der Waals surface area contributed by atoms with Crippen molar-refractivity contribution in [3.05, 3.63) is 96.4 Å². The molecule has 1 aliphatic rings. The highest BCUT2D eigenvalue weighted by atomic mass is 32.2. The van der Waals surface area contributed by atoms with E-state index in [2.05, 4.69) is 14.9 Å². The third-order valence-corrected chi connectivity index (χ3v) is 8.65. The molecule has 1 saturated heterocycles. The van der Waals surface area contributed by atoms with Crippen LogP contribution >= 0.6 is 0 Å². The molecule has 2 amide bonds. The summed E-state index contributed by atoms with van der Waals surface area (Å²) in [5.74, 6) is -0.198. The predicted molar refractivity (Wildman–Crippen MR) is 160 cm³/mol. The molecule has 10 nitrogen and oxygen atoms in total. The lowest BCUT2D eigenvalue weighted by Crippen LogP contribution is -2.39. The molecule has 0 aliphatic carbocycles. The number of benzene rings is 3. The van der Waals surface area contributed by atoms with Gasteiger partial charge in [-0.3, -0.25) is 9.59 Å². The van der Waals surface area contributed by atoms with E-state index in [1.165, 1.54) is 31.3 Å². The van der Waals surface area contributed by atoms with Crippen LogP contribution in [-0.4, -0.2) is 68.9 Å². The summed E-state index contributed by atoms with van der Waals surface area (Å²) in [5.41, 5.74) is 3.71. The second-order valence-electron chi connectivity index (χ2n) is 10.3. The van der Waals surface area contributed by atoms with Crippen molar-refractivity contribution in [2.24, 2.45) is 0 Å². The predicted octanol–water partition coefficient (Wildman–Crippen LogP) is 4.22. The number of nitrogens with zero attached hydrogens (tertiary/aromatic N) is 4. The summed E-state index contributed by atoms with van der Waals surface area (Å²) in [6, 6.07) is 20.3. The van der Waals surface area contributed by atoms with Gasteiger partial charge < -0.3 is 23.9 Å². The number of amides is 2. The van der Waals surface area contributed by atoms with E-state index in [1.54, 1.807) is 36.8 Å². The van der Waals surface area contributed by atoms with E-state index in [9.17, 15) is 18.0 Å². The highest BCUT2D eigenvalue weighted by Crippen LogP contribution is 2.31. The van der Waals surface area contributed by atoms with Crippen LogP contribution in [0.25, 0.3) is 11.3 Å². The van der Waals surface area contributed by atoms with E-state index in [1.807, 2.05) is 48.2 Å². The van der Waals surface area contributed by atoms with E-state index in [0.717, 1.165) is 29.8 Å². The van der Waals surface area contributed by atoms with Gasteiger partial charge in [0.2, 0.25) is 0 Å². The molecule has 3 aromatic carbocycles. The van der Waals surface area contributed by atoms with Crippen molar-refractivity contribution in [2.75, 3.05) is 39.1 Å². The van der Waals surface area contributed by atoms with Crippen LogP contribution in [0.3, 0.4) is 0 Å². The van der Waals surface area contributed by atoms with Crippen LogP contribution in [0.1, 0.15) is 39.6 Å². The third kappa shape index (κ3) is 6.15. The minimum Gasteiger partial charge on any atom is -0.379 e. The van der Waals surface area contributed by atoms with Crippen molar-refractivity contribution in [1.29, 1.82) is 0 Å². The molecule has 1 fully saturated rings. The Morgan fingerprint density at radius 2 is 1.64 bits per heavy atom. The Bertz CT molecular complexity index is 1670. The molecular formula is C31H33N5O5S. The number of piperidine rings is 1. The van der Waals surface area contributed by atoms with Crippen LogP contribution in [0.4, 0.5) is 5.69 Å². The lowest BCUT2D eigenvalue weighted by Gasteiger charge is -2.33. The summed E-state index contributed by atoms with van der Waals surface area (Å²) < 4.78 is 33.2. The van der Waals surface area contributed by atoms with Crippen LogP contribution in [0.5, 0.6) is 5.75 Å². The summed E-state index contributed by atoms with van der Waals surface area (Å²) in [6.45, 7) is 1.28. The number of aromatic nitrogens is 2. The second kappa shape index (κ2) is 12.1. The molecule has 42 heavy (non-hydrogen) atoms. The minimum atomic E-state index is -4.14. The molecule has 0 atom stereocenters. The van der Waals surface area contributed by atoms with Crippen molar-refractivity contribution < 1.29 is 22.2 Å². The van der Waals surface area contributed by atoms with Gasteiger partial charge in [-0.05, 0) is 79.6 Å². The van der Waals surface area contributed by atoms with E-state index in [-0.39, 0.29) is 34.1 Å². The average molecular weight is 588 g/mol. The Balaban J connectivity index is 1.24. The molecule has 0 radical (unpaired) electrons. The number of likely N-dealkylation sites (tertiary alicyclic amines) is 1. The van der Waals surface area contributed by atoms with Gasteiger partial charge in [0.05, 0.1) is 18.2 Å². The van der Waals surface area contributed by atoms with Crippen molar-refractivity contribution in [3.8, 4) is 17.0 Å². The fraction of sp³-hybridized carbons (Fsp3) is 0.258. The topological polar surface area (TPSA) is 114 Å². The standard InChI is InChI=1S/C31H33N5O5S/c1-32-30(37)24-5-4-6-28(19-24)42(39,40)41-27-13-9-22(10-14-27)29-20-33-21-36(29)26-15-17-35(18-16-26)31(38)23-7-11-25(12-8-23)34(2)3/h4-14,19-21,26H,15-18H2,1-3H3,(H,32,37). The van der Waals surface area contributed by atoms with Crippen LogP contribution in [0.2, 0.25) is 0 Å². The SMILES string of the molecule is CNC(=O)c1cccc(S(=O)(=O)Oc2ccc(-c3cncn3C3CCN(C(=O)c4ccc(N(C)C)cc4)CC3)cc2)c1. The summed E-state index contributed by atoms with van der Waals surface area (Å²) in [7, 11) is 1.27. The highest BCUT2D eigenvalue weighted by molar-refractivity contribution is 7.87. The van der Waals surface area contributed by atoms with Crippen LogP contribution in [-0.2, 0) is 10.1 Å². The number of carbonyl (C=O) groups excluding carboxylic acids is 2. The van der Waals surface area contributed by atoms with Gasteiger partial charge in [0.15, 0.2) is 0 Å². The zero-order valence-electron chi connectivity index (χ0n) is 23.7. The number of nitrogens with one attached hydrogen (secondary N) is 1. The molecule has 0 unspecified atom stereocenters. The van der Waals surface area contributed by atoms with Crippen molar-refractivity contribution in [1.82, 2.24) is 19.8 Å². The lowest BCUT2D eigenvalue weighted by atomic mass is 10.0. The monoisotopic (exact) mass is 587 g/mol. The van der Waals surface area contributed by atoms with Crippen molar-refractivity contribution in [3.63, 3.8) is 0 Å². The Kier molecular flexibility index (Phi) is 8.30. The molecule has 2 heterocycles. The second-order valence-corrected chi connectivity index (χ2v) is 11.9. The van der Waals surface area contributed by atoms with Gasteiger partial charge in [-0.25, -0.2) is 4.98 Å². The van der Waals surface area contributed by atoms with E-state index < -0.39 is 10.1 Å². The van der Waals surface area contributed by atoms with E-state index >= 15 is 0 Å². The molecule has 4 aromatic rings. The maximum absolute atomic E-state index is 13.1. The van der Waals surface area contributed by atoms with Crippen molar-refractivity contribution >= 4 is 27.6 Å². The molecule has 218 valence electrons. The Labute approximate surface area is 245 Å². The molecule has 0 saturated carbocycles. The number of anilines is 1. The fourth-order valence-corrected chi connectivity index (χ4v) is 6.02. The van der Waals surface area contributed by atoms with E-state index in [0.29, 0.717) is 18.7 Å². The van der Waals surface area contributed by atoms with Crippen LogP contribution < -0.4 is 14.4 Å². The zero-order chi connectivity index (χ0) is 29.9. The lowest BCUT2D eigenvalue weighted by molar-refractivity contribution is 0.0695. The van der Waals surface area contributed by atoms with Gasteiger partial charge >= 0.3 is 10.1 Å². The number of rotatable bonds is 8. The summed E-state index contributed by atoms with van der Waals surface area (Å²) in [4.78, 5) is 33.1. The first-order valence-corrected chi connectivity index (χ1v) is 15.0.